The molecule has 2 amide bonds. The smallest absolute Gasteiger partial charge is 0.264 e. The van der Waals surface area contributed by atoms with Gasteiger partial charge in [0.25, 0.3) is 10.0 Å². The van der Waals surface area contributed by atoms with E-state index in [-0.39, 0.29) is 23.3 Å². The summed E-state index contributed by atoms with van der Waals surface area (Å²) in [5.74, 6) is -0.503. The van der Waals surface area contributed by atoms with Crippen molar-refractivity contribution in [3.8, 4) is 0 Å². The Bertz CT molecular complexity index is 1470. The summed E-state index contributed by atoms with van der Waals surface area (Å²) in [6, 6.07) is 18.1. The second-order valence-corrected chi connectivity index (χ2v) is 13.1. The molecule has 0 saturated carbocycles. The van der Waals surface area contributed by atoms with Crippen LogP contribution in [0.1, 0.15) is 49.4 Å². The van der Waals surface area contributed by atoms with Crippen LogP contribution in [0, 0.1) is 26.7 Å². The third kappa shape index (κ3) is 8.33. The van der Waals surface area contributed by atoms with E-state index < -0.39 is 28.5 Å². The van der Waals surface area contributed by atoms with Crippen molar-refractivity contribution >= 4 is 39.1 Å². The van der Waals surface area contributed by atoms with Crippen LogP contribution in [-0.4, -0.2) is 44.3 Å². The van der Waals surface area contributed by atoms with Crippen molar-refractivity contribution in [1.82, 2.24) is 10.2 Å². The lowest BCUT2D eigenvalue weighted by molar-refractivity contribution is -0.140. The monoisotopic (exact) mass is 597 g/mol. The molecule has 3 rings (SSSR count). The Labute approximate surface area is 249 Å². The molecule has 0 saturated heterocycles. The number of amides is 2. The highest BCUT2D eigenvalue weighted by atomic mass is 35.5. The van der Waals surface area contributed by atoms with Crippen molar-refractivity contribution in [3.63, 3.8) is 0 Å². The van der Waals surface area contributed by atoms with E-state index in [9.17, 15) is 18.0 Å². The van der Waals surface area contributed by atoms with Gasteiger partial charge in [-0.3, -0.25) is 13.9 Å². The molecule has 0 spiro atoms. The van der Waals surface area contributed by atoms with E-state index in [2.05, 4.69) is 5.32 Å². The number of hydrogen-bond acceptors (Lipinski definition) is 4. The first-order chi connectivity index (χ1) is 19.3. The lowest BCUT2D eigenvalue weighted by atomic mass is 10.1. The minimum atomic E-state index is -4.16. The number of nitrogens with one attached hydrogen (secondary N) is 1. The number of benzene rings is 3. The fourth-order valence-electron chi connectivity index (χ4n) is 4.49. The van der Waals surface area contributed by atoms with Crippen LogP contribution in [0.4, 0.5) is 5.69 Å². The van der Waals surface area contributed by atoms with Gasteiger partial charge in [-0.2, -0.15) is 0 Å². The molecule has 9 heteroatoms. The summed E-state index contributed by atoms with van der Waals surface area (Å²) < 4.78 is 29.1. The molecule has 0 aliphatic carbocycles. The zero-order chi connectivity index (χ0) is 30.3. The van der Waals surface area contributed by atoms with Crippen molar-refractivity contribution < 1.29 is 18.0 Å². The zero-order valence-electron chi connectivity index (χ0n) is 24.6. The number of hydrogen-bond donors (Lipinski definition) is 1. The van der Waals surface area contributed by atoms with Gasteiger partial charge in [0.1, 0.15) is 12.6 Å². The highest BCUT2D eigenvalue weighted by Crippen LogP contribution is 2.27. The minimum Gasteiger partial charge on any atom is -0.354 e. The molecule has 0 unspecified atom stereocenters. The SMILES string of the molecule is CC[C@H](C(=O)NCC(C)C)N(Cc1cccc(C)c1)C(=O)CN(c1ccc(C)c(C)c1)S(=O)(=O)c1ccc(Cl)cc1. The predicted molar refractivity (Wildman–Crippen MR) is 166 cm³/mol. The summed E-state index contributed by atoms with van der Waals surface area (Å²) >= 11 is 6.03. The minimum absolute atomic E-state index is 0.0138. The van der Waals surface area contributed by atoms with E-state index in [0.717, 1.165) is 26.6 Å². The topological polar surface area (TPSA) is 86.8 Å². The number of sulfonamides is 1. The van der Waals surface area contributed by atoms with Crippen LogP contribution >= 0.6 is 11.6 Å². The number of aryl methyl sites for hydroxylation is 3. The highest BCUT2D eigenvalue weighted by molar-refractivity contribution is 7.92. The van der Waals surface area contributed by atoms with Crippen molar-refractivity contribution in [3.05, 3.63) is 94.0 Å². The summed E-state index contributed by atoms with van der Waals surface area (Å²) in [5, 5.41) is 3.35. The first kappa shape index (κ1) is 32.2. The predicted octanol–water partition coefficient (Wildman–Crippen LogP) is 6.04. The summed E-state index contributed by atoms with van der Waals surface area (Å²) in [6.45, 7) is 11.8. The van der Waals surface area contributed by atoms with Crippen LogP contribution in [0.25, 0.3) is 0 Å². The quantitative estimate of drug-likeness (QED) is 0.276. The van der Waals surface area contributed by atoms with E-state index in [1.807, 2.05) is 71.9 Å². The first-order valence-corrected chi connectivity index (χ1v) is 15.6. The van der Waals surface area contributed by atoms with Crippen LogP contribution in [0.3, 0.4) is 0 Å². The van der Waals surface area contributed by atoms with Crippen molar-refractivity contribution in [1.29, 1.82) is 0 Å². The van der Waals surface area contributed by atoms with Gasteiger partial charge < -0.3 is 10.2 Å². The molecule has 0 radical (unpaired) electrons. The lowest BCUT2D eigenvalue weighted by Gasteiger charge is -2.33. The molecule has 0 aliphatic rings. The maximum absolute atomic E-state index is 14.2. The van der Waals surface area contributed by atoms with E-state index >= 15 is 0 Å². The Kier molecular flexibility index (Phi) is 11.0. The molecule has 0 fully saturated rings. The molecule has 3 aromatic carbocycles. The summed E-state index contributed by atoms with van der Waals surface area (Å²) in [4.78, 5) is 29.0. The molecule has 0 heterocycles. The largest absolute Gasteiger partial charge is 0.354 e. The summed E-state index contributed by atoms with van der Waals surface area (Å²) in [7, 11) is -4.16. The third-order valence-corrected chi connectivity index (χ3v) is 9.00. The van der Waals surface area contributed by atoms with Gasteiger partial charge in [-0.15, -0.1) is 0 Å². The van der Waals surface area contributed by atoms with Crippen LogP contribution in [0.15, 0.2) is 71.6 Å². The Morgan fingerprint density at radius 2 is 1.61 bits per heavy atom. The number of anilines is 1. The molecule has 1 atom stereocenters. The molecular weight excluding hydrogens is 558 g/mol. The van der Waals surface area contributed by atoms with Gasteiger partial charge in [-0.25, -0.2) is 8.42 Å². The molecule has 0 bridgehead atoms. The molecule has 3 aromatic rings. The maximum atomic E-state index is 14.2. The van der Waals surface area contributed by atoms with E-state index in [1.165, 1.54) is 29.2 Å². The third-order valence-electron chi connectivity index (χ3n) is 6.96. The standard InChI is InChI=1S/C32H40ClN3O4S/c1-7-30(32(38)34-19-22(2)3)35(20-26-10-8-9-23(4)17-26)31(37)21-36(28-14-11-24(5)25(6)18-28)41(39,40)29-15-12-27(33)13-16-29/h8-18,22,30H,7,19-21H2,1-6H3,(H,34,38)/t30-/m1/s1. The molecule has 7 nitrogen and oxygen atoms in total. The summed E-state index contributed by atoms with van der Waals surface area (Å²) in [6.07, 6.45) is 0.370. The lowest BCUT2D eigenvalue weighted by Crippen LogP contribution is -2.52. The number of carbonyl (C=O) groups is 2. The van der Waals surface area contributed by atoms with Crippen LogP contribution in [-0.2, 0) is 26.2 Å². The van der Waals surface area contributed by atoms with Gasteiger partial charge in [0.15, 0.2) is 0 Å². The molecule has 220 valence electrons. The van der Waals surface area contributed by atoms with Crippen molar-refractivity contribution in [2.24, 2.45) is 5.92 Å². The fourth-order valence-corrected chi connectivity index (χ4v) is 6.02. The number of rotatable bonds is 12. The molecule has 41 heavy (non-hydrogen) atoms. The number of nitrogens with zero attached hydrogens (tertiary/aromatic N) is 2. The van der Waals surface area contributed by atoms with E-state index in [4.69, 9.17) is 11.6 Å². The highest BCUT2D eigenvalue weighted by Gasteiger charge is 2.33. The van der Waals surface area contributed by atoms with E-state index in [1.54, 1.807) is 12.1 Å². The van der Waals surface area contributed by atoms with Gasteiger partial charge >= 0.3 is 0 Å². The Morgan fingerprint density at radius 3 is 2.20 bits per heavy atom. The average Bonchev–Trinajstić information content (AvgIpc) is 2.92. The molecule has 0 aromatic heterocycles. The molecular formula is C32H40ClN3O4S. The van der Waals surface area contributed by atoms with Gasteiger partial charge in [0, 0.05) is 18.1 Å². The van der Waals surface area contributed by atoms with Gasteiger partial charge in [-0.05, 0) is 86.2 Å². The average molecular weight is 598 g/mol. The van der Waals surface area contributed by atoms with Crippen LogP contribution in [0.5, 0.6) is 0 Å². The van der Waals surface area contributed by atoms with Crippen LogP contribution < -0.4 is 9.62 Å². The fraction of sp³-hybridized carbons (Fsp3) is 0.375. The maximum Gasteiger partial charge on any atom is 0.264 e. The summed E-state index contributed by atoms with van der Waals surface area (Å²) in [5.41, 5.74) is 4.13. The van der Waals surface area contributed by atoms with E-state index in [0.29, 0.717) is 23.7 Å². The normalized spacial score (nSPS) is 12.2. The van der Waals surface area contributed by atoms with Crippen molar-refractivity contribution in [2.45, 2.75) is 65.4 Å². The van der Waals surface area contributed by atoms with Crippen molar-refractivity contribution in [2.75, 3.05) is 17.4 Å². The zero-order valence-corrected chi connectivity index (χ0v) is 26.2. The van der Waals surface area contributed by atoms with Gasteiger partial charge in [0.2, 0.25) is 11.8 Å². The van der Waals surface area contributed by atoms with Gasteiger partial charge in [0.05, 0.1) is 10.6 Å². The molecule has 0 aliphatic heterocycles. The Hall–Kier alpha value is -3.36. The Balaban J connectivity index is 2.07. The second-order valence-electron chi connectivity index (χ2n) is 10.8. The first-order valence-electron chi connectivity index (χ1n) is 13.8. The second kappa shape index (κ2) is 14.0. The molecule has 1 N–H and O–H groups in total. The number of halogens is 1. The Morgan fingerprint density at radius 1 is 0.927 bits per heavy atom. The van der Waals surface area contributed by atoms with Crippen LogP contribution in [0.2, 0.25) is 5.02 Å². The number of carbonyl (C=O) groups excluding carboxylic acids is 2. The van der Waals surface area contributed by atoms with Gasteiger partial charge in [-0.1, -0.05) is 68.3 Å².